The van der Waals surface area contributed by atoms with Crippen molar-refractivity contribution in [2.75, 3.05) is 12.5 Å². The number of fused-ring (bicyclic) bond motifs is 1. The first-order chi connectivity index (χ1) is 8.65. The van der Waals surface area contributed by atoms with E-state index in [0.717, 1.165) is 10.0 Å². The van der Waals surface area contributed by atoms with Crippen molar-refractivity contribution in [3.05, 3.63) is 22.2 Å². The first-order valence-corrected chi connectivity index (χ1v) is 7.26. The molecule has 0 radical (unpaired) electrons. The molecule has 0 aromatic heterocycles. The number of hydrogen-bond donors (Lipinski definition) is 1. The van der Waals surface area contributed by atoms with E-state index in [-0.39, 0.29) is 12.2 Å². The van der Waals surface area contributed by atoms with Gasteiger partial charge in [-0.1, -0.05) is 27.7 Å². The molecule has 1 aromatic carbocycles. The van der Waals surface area contributed by atoms with Crippen molar-refractivity contribution in [3.8, 4) is 11.5 Å². The number of benzene rings is 1. The lowest BCUT2D eigenvalue weighted by atomic mass is 10.2. The number of aliphatic carboxylic acids is 1. The lowest BCUT2D eigenvalue weighted by Gasteiger charge is -2.13. The SMILES string of the molecule is O=C([O-])[C@H]1CS[C@@H](c2cc3c(cc2Br)OCO3)[NH2+]1. The molecule has 2 aliphatic rings. The summed E-state index contributed by atoms with van der Waals surface area (Å²) in [7, 11) is 0. The van der Waals surface area contributed by atoms with Crippen molar-refractivity contribution in [2.45, 2.75) is 11.4 Å². The van der Waals surface area contributed by atoms with Crippen molar-refractivity contribution >= 4 is 33.7 Å². The number of thioether (sulfide) groups is 1. The van der Waals surface area contributed by atoms with Crippen LogP contribution in [0.5, 0.6) is 11.5 Å². The fourth-order valence-electron chi connectivity index (χ4n) is 2.02. The Labute approximate surface area is 116 Å². The van der Waals surface area contributed by atoms with E-state index >= 15 is 0 Å². The topological polar surface area (TPSA) is 75.2 Å². The van der Waals surface area contributed by atoms with Gasteiger partial charge in [-0.2, -0.15) is 0 Å². The maximum atomic E-state index is 10.8. The van der Waals surface area contributed by atoms with E-state index < -0.39 is 12.0 Å². The van der Waals surface area contributed by atoms with E-state index in [4.69, 9.17) is 9.47 Å². The normalized spacial score (nSPS) is 25.4. The molecule has 7 heteroatoms. The number of nitrogens with two attached hydrogens (primary N) is 1. The van der Waals surface area contributed by atoms with Crippen molar-refractivity contribution < 1.29 is 24.7 Å². The van der Waals surface area contributed by atoms with Crippen LogP contribution in [0.15, 0.2) is 16.6 Å². The van der Waals surface area contributed by atoms with Gasteiger partial charge in [-0.25, -0.2) is 0 Å². The fraction of sp³-hybridized carbons (Fsp3) is 0.364. The average Bonchev–Trinajstić information content (AvgIpc) is 2.94. The predicted molar refractivity (Wildman–Crippen MR) is 66.2 cm³/mol. The molecule has 1 saturated heterocycles. The van der Waals surface area contributed by atoms with Gasteiger partial charge in [-0.05, 0) is 12.1 Å². The van der Waals surface area contributed by atoms with Gasteiger partial charge >= 0.3 is 0 Å². The number of quaternary nitrogens is 1. The molecule has 0 aliphatic carbocycles. The summed E-state index contributed by atoms with van der Waals surface area (Å²) in [5.74, 6) is 0.958. The Balaban J connectivity index is 1.87. The molecule has 96 valence electrons. The molecule has 18 heavy (non-hydrogen) atoms. The Morgan fingerprint density at radius 1 is 1.44 bits per heavy atom. The van der Waals surface area contributed by atoms with E-state index in [1.807, 2.05) is 17.4 Å². The standard InChI is InChI=1S/C11H10BrNO4S/c12-6-2-9-8(16-4-17-9)1-5(6)10-13-7(3-18-10)11(14)15/h1-2,7,10,13H,3-4H2,(H,14,15)/t7-,10+/m1/s1. The third-order valence-electron chi connectivity index (χ3n) is 2.96. The number of hydrogen-bond acceptors (Lipinski definition) is 5. The second-order valence-corrected chi connectivity index (χ2v) is 6.13. The Kier molecular flexibility index (Phi) is 3.13. The zero-order valence-electron chi connectivity index (χ0n) is 9.22. The molecule has 0 spiro atoms. The van der Waals surface area contributed by atoms with Gasteiger partial charge in [0.2, 0.25) is 6.79 Å². The van der Waals surface area contributed by atoms with Crippen molar-refractivity contribution in [3.63, 3.8) is 0 Å². The summed E-state index contributed by atoms with van der Waals surface area (Å²) < 4.78 is 11.5. The van der Waals surface area contributed by atoms with Crippen LogP contribution in [0.2, 0.25) is 0 Å². The molecule has 0 bridgehead atoms. The van der Waals surface area contributed by atoms with Crippen LogP contribution in [0.4, 0.5) is 0 Å². The molecule has 0 saturated carbocycles. The molecule has 2 atom stereocenters. The van der Waals surface area contributed by atoms with Crippen LogP contribution in [0.3, 0.4) is 0 Å². The van der Waals surface area contributed by atoms with E-state index in [1.54, 1.807) is 11.8 Å². The number of carbonyl (C=O) groups is 1. The number of ether oxygens (including phenoxy) is 2. The minimum Gasteiger partial charge on any atom is -0.544 e. The first kappa shape index (κ1) is 12.1. The largest absolute Gasteiger partial charge is 0.544 e. The minimum absolute atomic E-state index is 0.0387. The molecule has 1 fully saturated rings. The number of carbonyl (C=O) groups excluding carboxylic acids is 1. The number of carboxylic acids is 1. The molecule has 2 heterocycles. The van der Waals surface area contributed by atoms with Crippen molar-refractivity contribution in [1.29, 1.82) is 0 Å². The zero-order chi connectivity index (χ0) is 12.7. The maximum Gasteiger partial charge on any atom is 0.231 e. The Morgan fingerprint density at radius 3 is 2.83 bits per heavy atom. The quantitative estimate of drug-likeness (QED) is 0.798. The molecule has 1 aromatic rings. The van der Waals surface area contributed by atoms with Crippen molar-refractivity contribution in [1.82, 2.24) is 0 Å². The lowest BCUT2D eigenvalue weighted by Crippen LogP contribution is -2.90. The molecule has 2 N–H and O–H groups in total. The van der Waals surface area contributed by atoms with Gasteiger partial charge in [-0.3, -0.25) is 0 Å². The molecule has 3 rings (SSSR count). The Morgan fingerprint density at radius 2 is 2.17 bits per heavy atom. The lowest BCUT2D eigenvalue weighted by molar-refractivity contribution is -0.690. The third-order valence-corrected chi connectivity index (χ3v) is 4.97. The van der Waals surface area contributed by atoms with Gasteiger partial charge in [-0.15, -0.1) is 0 Å². The van der Waals surface area contributed by atoms with E-state index in [2.05, 4.69) is 15.9 Å². The molecule has 0 unspecified atom stereocenters. The van der Waals surface area contributed by atoms with Crippen LogP contribution in [0, 0.1) is 0 Å². The maximum absolute atomic E-state index is 10.8. The monoisotopic (exact) mass is 331 g/mol. The fourth-order valence-corrected chi connectivity index (χ4v) is 4.08. The van der Waals surface area contributed by atoms with E-state index in [1.165, 1.54) is 0 Å². The molecule has 0 amide bonds. The molecular weight excluding hydrogens is 322 g/mol. The summed E-state index contributed by atoms with van der Waals surface area (Å²) in [6.07, 6.45) is 0. The van der Waals surface area contributed by atoms with Gasteiger partial charge in [0.25, 0.3) is 0 Å². The number of rotatable bonds is 2. The number of carboxylic acid groups (broad SMARTS) is 1. The van der Waals surface area contributed by atoms with Gasteiger partial charge in [0.05, 0.1) is 5.75 Å². The Bertz CT molecular complexity index is 510. The smallest absolute Gasteiger partial charge is 0.231 e. The second kappa shape index (κ2) is 4.64. The van der Waals surface area contributed by atoms with Gasteiger partial charge in [0.1, 0.15) is 12.0 Å². The van der Waals surface area contributed by atoms with Crippen LogP contribution in [0.1, 0.15) is 10.9 Å². The highest BCUT2D eigenvalue weighted by atomic mass is 79.9. The molecule has 2 aliphatic heterocycles. The van der Waals surface area contributed by atoms with Gasteiger partial charge < -0.3 is 24.7 Å². The van der Waals surface area contributed by atoms with E-state index in [9.17, 15) is 9.90 Å². The summed E-state index contributed by atoms with van der Waals surface area (Å²) >= 11 is 5.07. The average molecular weight is 332 g/mol. The van der Waals surface area contributed by atoms with Crippen LogP contribution in [-0.4, -0.2) is 24.6 Å². The van der Waals surface area contributed by atoms with E-state index in [0.29, 0.717) is 17.3 Å². The highest BCUT2D eigenvalue weighted by molar-refractivity contribution is 9.10. The molecular formula is C11H10BrNO4S. The highest BCUT2D eigenvalue weighted by Gasteiger charge is 2.33. The van der Waals surface area contributed by atoms with Crippen LogP contribution >= 0.6 is 27.7 Å². The Hall–Kier alpha value is -0.920. The minimum atomic E-state index is -1.01. The van der Waals surface area contributed by atoms with Crippen molar-refractivity contribution in [2.24, 2.45) is 0 Å². The third kappa shape index (κ3) is 2.06. The zero-order valence-corrected chi connectivity index (χ0v) is 11.6. The summed E-state index contributed by atoms with van der Waals surface area (Å²) in [6, 6.07) is 3.27. The first-order valence-electron chi connectivity index (χ1n) is 5.41. The predicted octanol–water partition coefficient (Wildman–Crippen LogP) is -0.395. The summed E-state index contributed by atoms with van der Waals surface area (Å²) in [6.45, 7) is 0.231. The van der Waals surface area contributed by atoms with Crippen LogP contribution in [-0.2, 0) is 4.79 Å². The number of halogens is 1. The van der Waals surface area contributed by atoms with Gasteiger partial charge in [0.15, 0.2) is 16.9 Å². The van der Waals surface area contributed by atoms with Crippen LogP contribution < -0.4 is 19.9 Å². The summed E-state index contributed by atoms with van der Waals surface area (Å²) in [5, 5.41) is 12.7. The molecule has 5 nitrogen and oxygen atoms in total. The second-order valence-electron chi connectivity index (χ2n) is 4.10. The highest BCUT2D eigenvalue weighted by Crippen LogP contribution is 2.41. The van der Waals surface area contributed by atoms with Gasteiger partial charge in [0, 0.05) is 10.0 Å². The van der Waals surface area contributed by atoms with Crippen LogP contribution in [0.25, 0.3) is 0 Å². The summed E-state index contributed by atoms with van der Waals surface area (Å²) in [5.41, 5.74) is 1.01. The summed E-state index contributed by atoms with van der Waals surface area (Å²) in [4.78, 5) is 10.8.